The van der Waals surface area contributed by atoms with E-state index in [-0.39, 0.29) is 6.04 Å². The van der Waals surface area contributed by atoms with Crippen LogP contribution in [-0.2, 0) is 0 Å². The third-order valence-electron chi connectivity index (χ3n) is 4.47. The lowest BCUT2D eigenvalue weighted by atomic mass is 9.88. The first kappa shape index (κ1) is 12.9. The second kappa shape index (κ2) is 5.14. The van der Waals surface area contributed by atoms with Gasteiger partial charge in [0.1, 0.15) is 12.4 Å². The number of nitrogens with zero attached hydrogens (tertiary/aromatic N) is 1. The van der Waals surface area contributed by atoms with Gasteiger partial charge in [0.05, 0.1) is 12.1 Å². The van der Waals surface area contributed by atoms with E-state index < -0.39 is 0 Å². The molecule has 0 bridgehead atoms. The van der Waals surface area contributed by atoms with Crippen LogP contribution in [0.15, 0.2) is 24.3 Å². The fourth-order valence-corrected chi connectivity index (χ4v) is 3.69. The minimum Gasteiger partial charge on any atom is -0.492 e. The van der Waals surface area contributed by atoms with Crippen LogP contribution in [0, 0.1) is 11.8 Å². The van der Waals surface area contributed by atoms with Crippen molar-refractivity contribution in [3.8, 4) is 5.75 Å². The Balaban J connectivity index is 1.80. The quantitative estimate of drug-likeness (QED) is 0.843. The molecule has 0 aromatic heterocycles. The maximum atomic E-state index is 6.49. The second-order valence-corrected chi connectivity index (χ2v) is 6.34. The van der Waals surface area contributed by atoms with E-state index in [1.807, 2.05) is 18.2 Å². The van der Waals surface area contributed by atoms with E-state index in [0.29, 0.717) is 6.04 Å². The van der Waals surface area contributed by atoms with Crippen molar-refractivity contribution in [2.24, 2.45) is 17.6 Å². The van der Waals surface area contributed by atoms with Crippen molar-refractivity contribution in [3.63, 3.8) is 0 Å². The zero-order valence-electron chi connectivity index (χ0n) is 11.9. The van der Waals surface area contributed by atoms with Gasteiger partial charge >= 0.3 is 0 Å². The highest BCUT2D eigenvalue weighted by atomic mass is 16.5. The highest BCUT2D eigenvalue weighted by Gasteiger charge is 2.35. The van der Waals surface area contributed by atoms with Gasteiger partial charge < -0.3 is 10.5 Å². The number of likely N-dealkylation sites (tertiary alicyclic amines) is 1. The van der Waals surface area contributed by atoms with Crippen LogP contribution in [-0.4, -0.2) is 30.6 Å². The molecule has 0 aliphatic carbocycles. The standard InChI is InChI=1S/C16H24N2O/c1-11-7-12(2)9-18(8-11)14-10-19-15-6-4-3-5-13(15)16(14)17/h3-6,11-12,14,16H,7-10,17H2,1-2H3. The summed E-state index contributed by atoms with van der Waals surface area (Å²) in [5.41, 5.74) is 7.65. The Morgan fingerprint density at radius 3 is 2.58 bits per heavy atom. The minimum atomic E-state index is 0.0717. The Morgan fingerprint density at radius 1 is 1.16 bits per heavy atom. The van der Waals surface area contributed by atoms with Crippen LogP contribution in [0.3, 0.4) is 0 Å². The number of rotatable bonds is 1. The smallest absolute Gasteiger partial charge is 0.124 e. The predicted molar refractivity (Wildman–Crippen MR) is 77.2 cm³/mol. The lowest BCUT2D eigenvalue weighted by Crippen LogP contribution is -2.53. The molecule has 0 spiro atoms. The van der Waals surface area contributed by atoms with Gasteiger partial charge in [0.25, 0.3) is 0 Å². The zero-order chi connectivity index (χ0) is 13.4. The Hall–Kier alpha value is -1.06. The van der Waals surface area contributed by atoms with Gasteiger partial charge in [-0.3, -0.25) is 4.90 Å². The second-order valence-electron chi connectivity index (χ2n) is 6.34. The summed E-state index contributed by atoms with van der Waals surface area (Å²) < 4.78 is 5.91. The van der Waals surface area contributed by atoms with Gasteiger partial charge in [-0.25, -0.2) is 0 Å². The van der Waals surface area contributed by atoms with Gasteiger partial charge in [-0.1, -0.05) is 32.0 Å². The molecule has 0 radical (unpaired) electrons. The summed E-state index contributed by atoms with van der Waals surface area (Å²) in [7, 11) is 0. The van der Waals surface area contributed by atoms with Gasteiger partial charge in [0.15, 0.2) is 0 Å². The van der Waals surface area contributed by atoms with Gasteiger partial charge in [-0.15, -0.1) is 0 Å². The number of fused-ring (bicyclic) bond motifs is 1. The Kier molecular flexibility index (Phi) is 3.50. The van der Waals surface area contributed by atoms with Crippen LogP contribution < -0.4 is 10.5 Å². The van der Waals surface area contributed by atoms with E-state index in [4.69, 9.17) is 10.5 Å². The topological polar surface area (TPSA) is 38.5 Å². The van der Waals surface area contributed by atoms with Gasteiger partial charge in [-0.05, 0) is 24.3 Å². The number of piperidine rings is 1. The fourth-order valence-electron chi connectivity index (χ4n) is 3.69. The van der Waals surface area contributed by atoms with Crippen molar-refractivity contribution in [1.82, 2.24) is 4.90 Å². The van der Waals surface area contributed by atoms with Crippen molar-refractivity contribution < 1.29 is 4.74 Å². The first-order chi connectivity index (χ1) is 9.15. The lowest BCUT2D eigenvalue weighted by molar-refractivity contribution is 0.0444. The summed E-state index contributed by atoms with van der Waals surface area (Å²) in [6.45, 7) is 7.69. The molecule has 1 aromatic carbocycles. The first-order valence-corrected chi connectivity index (χ1v) is 7.36. The molecule has 1 aromatic rings. The lowest BCUT2D eigenvalue weighted by Gasteiger charge is -2.44. The molecule has 2 heterocycles. The van der Waals surface area contributed by atoms with Gasteiger partial charge in [-0.2, -0.15) is 0 Å². The van der Waals surface area contributed by atoms with Gasteiger partial charge in [0, 0.05) is 18.7 Å². The van der Waals surface area contributed by atoms with Crippen LogP contribution in [0.25, 0.3) is 0 Å². The molecule has 1 fully saturated rings. The van der Waals surface area contributed by atoms with Crippen molar-refractivity contribution in [2.45, 2.75) is 32.4 Å². The molecule has 0 amide bonds. The molecule has 2 N–H and O–H groups in total. The molecule has 3 nitrogen and oxygen atoms in total. The van der Waals surface area contributed by atoms with E-state index in [1.54, 1.807) is 0 Å². The van der Waals surface area contributed by atoms with Crippen LogP contribution in [0.1, 0.15) is 31.9 Å². The average Bonchev–Trinajstić information content (AvgIpc) is 2.38. The number of nitrogens with two attached hydrogens (primary N) is 1. The number of hydrogen-bond donors (Lipinski definition) is 1. The van der Waals surface area contributed by atoms with E-state index in [1.165, 1.54) is 6.42 Å². The Bertz CT molecular complexity index is 438. The third-order valence-corrected chi connectivity index (χ3v) is 4.47. The average molecular weight is 260 g/mol. The van der Waals surface area contributed by atoms with Gasteiger partial charge in [0.2, 0.25) is 0 Å². The number of ether oxygens (including phenoxy) is 1. The maximum absolute atomic E-state index is 6.49. The number of benzene rings is 1. The predicted octanol–water partition coefficient (Wildman–Crippen LogP) is 2.43. The van der Waals surface area contributed by atoms with Crippen LogP contribution in [0.2, 0.25) is 0 Å². The molecule has 0 saturated carbocycles. The normalized spacial score (nSPS) is 35.5. The van der Waals surface area contributed by atoms with E-state index >= 15 is 0 Å². The zero-order valence-corrected chi connectivity index (χ0v) is 11.9. The molecule has 19 heavy (non-hydrogen) atoms. The minimum absolute atomic E-state index is 0.0717. The van der Waals surface area contributed by atoms with Crippen molar-refractivity contribution in [2.75, 3.05) is 19.7 Å². The number of hydrogen-bond acceptors (Lipinski definition) is 3. The summed E-state index contributed by atoms with van der Waals surface area (Å²) in [6, 6.07) is 8.57. The summed E-state index contributed by atoms with van der Waals surface area (Å²) in [4.78, 5) is 2.54. The molecule has 4 unspecified atom stereocenters. The molecule has 3 heteroatoms. The van der Waals surface area contributed by atoms with Crippen LogP contribution in [0.4, 0.5) is 0 Å². The molecular formula is C16H24N2O. The highest BCUT2D eigenvalue weighted by Crippen LogP contribution is 2.34. The molecule has 104 valence electrons. The highest BCUT2D eigenvalue weighted by molar-refractivity contribution is 5.38. The van der Waals surface area contributed by atoms with Crippen molar-refractivity contribution in [1.29, 1.82) is 0 Å². The Labute approximate surface area is 115 Å². The number of para-hydroxylation sites is 1. The summed E-state index contributed by atoms with van der Waals surface area (Å²) in [5.74, 6) is 2.48. The van der Waals surface area contributed by atoms with E-state index in [9.17, 15) is 0 Å². The molecule has 1 saturated heterocycles. The molecule has 2 aliphatic rings. The monoisotopic (exact) mass is 260 g/mol. The molecule has 3 rings (SSSR count). The SMILES string of the molecule is CC1CC(C)CN(C2COc3ccccc3C2N)C1. The molecular weight excluding hydrogens is 236 g/mol. The summed E-state index contributed by atoms with van der Waals surface area (Å²) in [5, 5.41) is 0. The molecule has 2 aliphatic heterocycles. The Morgan fingerprint density at radius 2 is 1.84 bits per heavy atom. The molecule has 4 atom stereocenters. The van der Waals surface area contributed by atoms with Crippen LogP contribution >= 0.6 is 0 Å². The third kappa shape index (κ3) is 2.49. The van der Waals surface area contributed by atoms with Crippen molar-refractivity contribution in [3.05, 3.63) is 29.8 Å². The van der Waals surface area contributed by atoms with E-state index in [0.717, 1.165) is 42.8 Å². The maximum Gasteiger partial charge on any atom is 0.124 e. The summed E-state index contributed by atoms with van der Waals surface area (Å²) >= 11 is 0. The van der Waals surface area contributed by atoms with E-state index in [2.05, 4.69) is 24.8 Å². The largest absolute Gasteiger partial charge is 0.492 e. The first-order valence-electron chi connectivity index (χ1n) is 7.36. The summed E-state index contributed by atoms with van der Waals surface area (Å²) in [6.07, 6.45) is 1.33. The fraction of sp³-hybridized carbons (Fsp3) is 0.625. The van der Waals surface area contributed by atoms with Crippen LogP contribution in [0.5, 0.6) is 5.75 Å². The van der Waals surface area contributed by atoms with Crippen molar-refractivity contribution >= 4 is 0 Å².